The quantitative estimate of drug-likeness (QED) is 0.483. The summed E-state index contributed by atoms with van der Waals surface area (Å²) in [7, 11) is 0. The molecule has 0 atom stereocenters. The number of carbonyl (C=O) groups excluding carboxylic acids is 1. The molecule has 2 amide bonds. The van der Waals surface area contributed by atoms with Crippen LogP contribution in [-0.4, -0.2) is 25.6 Å². The Morgan fingerprint density at radius 3 is 2.45 bits per heavy atom. The van der Waals surface area contributed by atoms with E-state index in [1.165, 1.54) is 24.5 Å². The smallest absolute Gasteiger partial charge is 0.323 e. The number of halogens is 1. The summed E-state index contributed by atoms with van der Waals surface area (Å²) in [6, 6.07) is 13.7. The van der Waals surface area contributed by atoms with Gasteiger partial charge in [-0.25, -0.2) is 24.1 Å². The van der Waals surface area contributed by atoms with Crippen LogP contribution < -0.4 is 15.4 Å². The number of aromatic nitrogens is 4. The minimum absolute atomic E-state index is 0.361. The maximum atomic E-state index is 13.2. The molecule has 0 saturated heterocycles. The first-order valence-corrected chi connectivity index (χ1v) is 9.42. The third-order valence-electron chi connectivity index (χ3n) is 4.54. The number of aryl methyl sites for hydroxylation is 1. The van der Waals surface area contributed by atoms with Crippen molar-refractivity contribution in [3.63, 3.8) is 0 Å². The fraction of sp³-hybridized carbons (Fsp3) is 0.0909. The fourth-order valence-electron chi connectivity index (χ4n) is 2.83. The maximum Gasteiger partial charge on any atom is 0.323 e. The van der Waals surface area contributed by atoms with Crippen LogP contribution in [0.4, 0.5) is 20.6 Å². The molecule has 0 fully saturated rings. The van der Waals surface area contributed by atoms with Crippen LogP contribution in [0.1, 0.15) is 11.4 Å². The van der Waals surface area contributed by atoms with E-state index < -0.39 is 11.8 Å². The summed E-state index contributed by atoms with van der Waals surface area (Å²) in [5.74, 6) is 1.14. The molecule has 0 aliphatic heterocycles. The molecule has 9 heteroatoms. The number of imidazole rings is 1. The molecular weight excluding hydrogens is 399 g/mol. The highest BCUT2D eigenvalue weighted by Crippen LogP contribution is 2.23. The Balaban J connectivity index is 1.40. The van der Waals surface area contributed by atoms with E-state index in [1.807, 2.05) is 18.4 Å². The van der Waals surface area contributed by atoms with Crippen LogP contribution in [0.15, 0.2) is 67.3 Å². The molecule has 0 spiro atoms. The predicted molar refractivity (Wildman–Crippen MR) is 114 cm³/mol. The highest BCUT2D eigenvalue weighted by Gasteiger charge is 2.09. The normalized spacial score (nSPS) is 10.5. The van der Waals surface area contributed by atoms with Crippen LogP contribution in [0.2, 0.25) is 0 Å². The van der Waals surface area contributed by atoms with Crippen molar-refractivity contribution in [3.05, 3.63) is 84.5 Å². The maximum absolute atomic E-state index is 13.2. The Kier molecular flexibility index (Phi) is 5.57. The average Bonchev–Trinajstić information content (AvgIpc) is 3.08. The number of amides is 2. The van der Waals surface area contributed by atoms with Gasteiger partial charge in [0.05, 0.1) is 5.69 Å². The Labute approximate surface area is 177 Å². The zero-order chi connectivity index (χ0) is 21.8. The van der Waals surface area contributed by atoms with Gasteiger partial charge in [-0.1, -0.05) is 6.07 Å². The fourth-order valence-corrected chi connectivity index (χ4v) is 2.83. The minimum Gasteiger partial charge on any atom is -0.439 e. The molecule has 2 aromatic carbocycles. The zero-order valence-corrected chi connectivity index (χ0v) is 16.8. The lowest BCUT2D eigenvalue weighted by Gasteiger charge is -2.10. The van der Waals surface area contributed by atoms with Gasteiger partial charge >= 0.3 is 6.03 Å². The van der Waals surface area contributed by atoms with Crippen molar-refractivity contribution < 1.29 is 13.9 Å². The summed E-state index contributed by atoms with van der Waals surface area (Å²) in [4.78, 5) is 24.8. The van der Waals surface area contributed by atoms with Gasteiger partial charge in [0.15, 0.2) is 0 Å². The number of anilines is 2. The topological polar surface area (TPSA) is 94.0 Å². The van der Waals surface area contributed by atoms with Gasteiger partial charge in [0, 0.05) is 23.1 Å². The van der Waals surface area contributed by atoms with Crippen molar-refractivity contribution in [2.24, 2.45) is 0 Å². The largest absolute Gasteiger partial charge is 0.439 e. The highest BCUT2D eigenvalue weighted by atomic mass is 19.1. The standard InChI is InChI=1S/C22H19FN6O2/c1-14-15(2)29(13-26-14)20-11-21(25-12-24-20)31-19-8-6-17(7-9-19)27-22(30)28-18-5-3-4-16(23)10-18/h3-13H,1-2H3,(H2,27,28,30). The first-order valence-electron chi connectivity index (χ1n) is 9.42. The van der Waals surface area contributed by atoms with E-state index in [0.29, 0.717) is 28.8 Å². The number of hydrogen-bond donors (Lipinski definition) is 2. The van der Waals surface area contributed by atoms with E-state index in [4.69, 9.17) is 4.74 Å². The monoisotopic (exact) mass is 418 g/mol. The van der Waals surface area contributed by atoms with E-state index in [9.17, 15) is 9.18 Å². The molecule has 2 heterocycles. The number of benzene rings is 2. The Morgan fingerprint density at radius 2 is 1.74 bits per heavy atom. The van der Waals surface area contributed by atoms with Crippen molar-refractivity contribution in [3.8, 4) is 17.4 Å². The van der Waals surface area contributed by atoms with E-state index in [0.717, 1.165) is 11.4 Å². The molecular formula is C22H19FN6O2. The Morgan fingerprint density at radius 1 is 0.968 bits per heavy atom. The van der Waals surface area contributed by atoms with Crippen molar-refractivity contribution in [2.75, 3.05) is 10.6 Å². The van der Waals surface area contributed by atoms with Gasteiger partial charge < -0.3 is 15.4 Å². The summed E-state index contributed by atoms with van der Waals surface area (Å²) >= 11 is 0. The molecule has 2 aromatic heterocycles. The Bertz CT molecular complexity index is 1220. The van der Waals surface area contributed by atoms with Gasteiger partial charge in [0.25, 0.3) is 0 Å². The van der Waals surface area contributed by atoms with E-state index in [2.05, 4.69) is 25.6 Å². The van der Waals surface area contributed by atoms with E-state index in [1.54, 1.807) is 42.7 Å². The van der Waals surface area contributed by atoms with Gasteiger partial charge in [-0.15, -0.1) is 0 Å². The third-order valence-corrected chi connectivity index (χ3v) is 4.54. The molecule has 4 aromatic rings. The molecule has 0 aliphatic carbocycles. The van der Waals surface area contributed by atoms with Gasteiger partial charge in [0.1, 0.15) is 30.0 Å². The molecule has 31 heavy (non-hydrogen) atoms. The molecule has 0 radical (unpaired) electrons. The molecule has 0 saturated carbocycles. The number of hydrogen-bond acceptors (Lipinski definition) is 5. The minimum atomic E-state index is -0.481. The van der Waals surface area contributed by atoms with Crippen LogP contribution in [0.25, 0.3) is 5.82 Å². The summed E-state index contributed by atoms with van der Waals surface area (Å²) < 4.78 is 20.9. The van der Waals surface area contributed by atoms with Crippen molar-refractivity contribution in [1.82, 2.24) is 19.5 Å². The first kappa shape index (κ1) is 20.0. The molecule has 8 nitrogen and oxygen atoms in total. The summed E-state index contributed by atoms with van der Waals surface area (Å²) in [5.41, 5.74) is 2.82. The number of ether oxygens (including phenoxy) is 1. The first-order chi connectivity index (χ1) is 15.0. The number of rotatable bonds is 5. The van der Waals surface area contributed by atoms with E-state index >= 15 is 0 Å². The molecule has 0 aliphatic rings. The van der Waals surface area contributed by atoms with E-state index in [-0.39, 0.29) is 0 Å². The Hall–Kier alpha value is -4.27. The summed E-state index contributed by atoms with van der Waals surface area (Å²) in [6.45, 7) is 3.89. The third kappa shape index (κ3) is 4.84. The van der Waals surface area contributed by atoms with Gasteiger partial charge in [0.2, 0.25) is 5.88 Å². The van der Waals surface area contributed by atoms with Gasteiger partial charge in [-0.3, -0.25) is 4.57 Å². The molecule has 2 N–H and O–H groups in total. The second-order valence-electron chi connectivity index (χ2n) is 6.72. The highest BCUT2D eigenvalue weighted by molar-refractivity contribution is 5.99. The van der Waals surface area contributed by atoms with Crippen molar-refractivity contribution >= 4 is 17.4 Å². The number of urea groups is 1. The lowest BCUT2D eigenvalue weighted by atomic mass is 10.3. The molecule has 156 valence electrons. The SMILES string of the molecule is Cc1ncn(-c2cc(Oc3ccc(NC(=O)Nc4cccc(F)c4)cc3)ncn2)c1C. The van der Waals surface area contributed by atoms with Crippen LogP contribution >= 0.6 is 0 Å². The summed E-state index contributed by atoms with van der Waals surface area (Å²) in [6.07, 6.45) is 3.12. The lowest BCUT2D eigenvalue weighted by Crippen LogP contribution is -2.19. The molecule has 0 bridgehead atoms. The zero-order valence-electron chi connectivity index (χ0n) is 16.8. The van der Waals surface area contributed by atoms with Crippen LogP contribution in [0.3, 0.4) is 0 Å². The van der Waals surface area contributed by atoms with Crippen LogP contribution in [0, 0.1) is 19.7 Å². The number of carbonyl (C=O) groups is 1. The second-order valence-corrected chi connectivity index (χ2v) is 6.72. The molecule has 0 unspecified atom stereocenters. The van der Waals surface area contributed by atoms with Gasteiger partial charge in [-0.2, -0.15) is 0 Å². The van der Waals surface area contributed by atoms with Crippen molar-refractivity contribution in [1.29, 1.82) is 0 Å². The van der Waals surface area contributed by atoms with Crippen LogP contribution in [0.5, 0.6) is 11.6 Å². The second kappa shape index (κ2) is 8.62. The number of nitrogens with zero attached hydrogens (tertiary/aromatic N) is 4. The van der Waals surface area contributed by atoms with Crippen molar-refractivity contribution in [2.45, 2.75) is 13.8 Å². The lowest BCUT2D eigenvalue weighted by molar-refractivity contribution is 0.262. The summed E-state index contributed by atoms with van der Waals surface area (Å²) in [5, 5.41) is 5.24. The van der Waals surface area contributed by atoms with Crippen LogP contribution in [-0.2, 0) is 0 Å². The predicted octanol–water partition coefficient (Wildman–Crippen LogP) is 4.85. The molecule has 4 rings (SSSR count). The number of nitrogens with one attached hydrogen (secondary N) is 2. The average molecular weight is 418 g/mol. The van der Waals surface area contributed by atoms with Gasteiger partial charge in [-0.05, 0) is 56.3 Å².